The molecule has 3 aliphatic rings. The normalized spacial score (nSPS) is 23.6. The number of likely N-dealkylation sites (tertiary alicyclic amines) is 1. The van der Waals surface area contributed by atoms with Gasteiger partial charge in [0.1, 0.15) is 18.7 Å². The van der Waals surface area contributed by atoms with Gasteiger partial charge in [-0.25, -0.2) is 9.59 Å². The number of unbranched alkanes of at least 4 members (excludes halogenated alkanes) is 1. The fourth-order valence-corrected chi connectivity index (χ4v) is 7.70. The second kappa shape index (κ2) is 17.0. The average Bonchev–Trinajstić information content (AvgIpc) is 3.36. The molecule has 13 heteroatoms. The van der Waals surface area contributed by atoms with Crippen molar-refractivity contribution in [2.75, 3.05) is 26.2 Å². The molecule has 282 valence electrons. The number of nitrogens with zero attached hydrogens (tertiary/aromatic N) is 1. The van der Waals surface area contributed by atoms with Crippen LogP contribution in [0.2, 0.25) is 0 Å². The lowest BCUT2D eigenvalue weighted by molar-refractivity contribution is -0.146. The van der Waals surface area contributed by atoms with Crippen LogP contribution in [0.5, 0.6) is 0 Å². The molecule has 6 atom stereocenters. The van der Waals surface area contributed by atoms with Crippen molar-refractivity contribution in [1.29, 1.82) is 0 Å². The third kappa shape index (κ3) is 9.78. The number of carbonyl (C=O) groups is 6. The predicted octanol–water partition coefficient (Wildman–Crippen LogP) is 3.81. The molecule has 0 radical (unpaired) electrons. The average molecular weight is 703 g/mol. The van der Waals surface area contributed by atoms with Crippen LogP contribution in [0.25, 0.3) is 0 Å². The summed E-state index contributed by atoms with van der Waals surface area (Å²) in [6, 6.07) is -3.93. The van der Waals surface area contributed by atoms with E-state index >= 15 is 0 Å². The van der Waals surface area contributed by atoms with Gasteiger partial charge < -0.3 is 36.2 Å². The summed E-state index contributed by atoms with van der Waals surface area (Å²) in [5, 5.41) is 13.9. The van der Waals surface area contributed by atoms with Gasteiger partial charge in [0, 0.05) is 19.6 Å². The van der Waals surface area contributed by atoms with Gasteiger partial charge in [-0.05, 0) is 54.3 Å². The zero-order valence-electron chi connectivity index (χ0n) is 31.5. The highest BCUT2D eigenvalue weighted by Gasteiger charge is 2.70. The van der Waals surface area contributed by atoms with Crippen molar-refractivity contribution in [3.8, 4) is 0 Å². The van der Waals surface area contributed by atoms with Crippen LogP contribution in [-0.2, 0) is 23.9 Å². The molecule has 6 amide bonds. The molecule has 0 spiro atoms. The van der Waals surface area contributed by atoms with Gasteiger partial charge in [0.05, 0.1) is 12.1 Å². The van der Waals surface area contributed by atoms with Gasteiger partial charge >= 0.3 is 12.1 Å². The van der Waals surface area contributed by atoms with E-state index in [0.29, 0.717) is 25.9 Å². The third-order valence-corrected chi connectivity index (χ3v) is 11.1. The van der Waals surface area contributed by atoms with Crippen molar-refractivity contribution in [2.24, 2.45) is 28.1 Å². The molecule has 0 aromatic heterocycles. The highest BCUT2D eigenvalue weighted by Crippen LogP contribution is 2.65. The molecule has 5 N–H and O–H groups in total. The minimum absolute atomic E-state index is 0.0605. The predicted molar refractivity (Wildman–Crippen MR) is 191 cm³/mol. The highest BCUT2D eigenvalue weighted by atomic mass is 16.5. The zero-order chi connectivity index (χ0) is 37.4. The maximum atomic E-state index is 14.8. The smallest absolute Gasteiger partial charge is 0.407 e. The summed E-state index contributed by atoms with van der Waals surface area (Å²) < 4.78 is 5.36. The summed E-state index contributed by atoms with van der Waals surface area (Å²) in [6.07, 6.45) is 6.88. The van der Waals surface area contributed by atoms with Crippen molar-refractivity contribution in [3.63, 3.8) is 0 Å². The fraction of sp³-hybridized carbons (Fsp3) is 0.784. The van der Waals surface area contributed by atoms with Gasteiger partial charge in [0.25, 0.3) is 5.91 Å². The number of carbonyl (C=O) groups excluding carboxylic acids is 6. The number of piperidine rings is 1. The Balaban J connectivity index is 1.88. The quantitative estimate of drug-likeness (QED) is 0.120. The Kier molecular flexibility index (Phi) is 13.9. The van der Waals surface area contributed by atoms with Crippen molar-refractivity contribution >= 4 is 35.6 Å². The van der Waals surface area contributed by atoms with E-state index in [1.54, 1.807) is 11.8 Å². The lowest BCUT2D eigenvalue weighted by Crippen LogP contribution is -2.63. The van der Waals surface area contributed by atoms with Gasteiger partial charge in [-0.3, -0.25) is 19.2 Å². The Hall–Kier alpha value is -3.64. The van der Waals surface area contributed by atoms with E-state index in [9.17, 15) is 28.8 Å². The topological polar surface area (TPSA) is 175 Å². The Labute approximate surface area is 298 Å². The van der Waals surface area contributed by atoms with Gasteiger partial charge in [0.2, 0.25) is 17.6 Å². The van der Waals surface area contributed by atoms with E-state index in [0.717, 1.165) is 38.5 Å². The molecule has 0 aromatic carbocycles. The van der Waals surface area contributed by atoms with Crippen LogP contribution >= 0.6 is 0 Å². The summed E-state index contributed by atoms with van der Waals surface area (Å²) in [7, 11) is 0. The van der Waals surface area contributed by atoms with Crippen LogP contribution < -0.4 is 26.6 Å². The molecule has 50 heavy (non-hydrogen) atoms. The molecule has 3 fully saturated rings. The number of amides is 6. The maximum absolute atomic E-state index is 14.8. The molecule has 0 aromatic rings. The molecule has 1 heterocycles. The van der Waals surface area contributed by atoms with Crippen LogP contribution in [0.1, 0.15) is 107 Å². The molecular weight excluding hydrogens is 640 g/mol. The monoisotopic (exact) mass is 702 g/mol. The summed E-state index contributed by atoms with van der Waals surface area (Å²) in [5.41, 5.74) is -1.23. The van der Waals surface area contributed by atoms with Gasteiger partial charge in [-0.1, -0.05) is 86.6 Å². The Morgan fingerprint density at radius 2 is 1.62 bits per heavy atom. The first-order valence-electron chi connectivity index (χ1n) is 18.4. The lowest BCUT2D eigenvalue weighted by atomic mass is 9.70. The Morgan fingerprint density at radius 3 is 2.20 bits per heavy atom. The number of hydrogen-bond donors (Lipinski definition) is 5. The standard InChI is InChI=1S/C37H62N6O7/c1-10-13-17-24(28(44)31(46)39-20-11-2)40-30(45)27-26-23(36(26,7)8)21-43(27)32(47)29(37(9)18-15-14-16-19-37)42-33(48)41-25(35(4,5)6)22-50-34(49)38-12-3/h11,23-27,29H,2,10,12-22H2,1,3-9H3,(H,38,49)(H,39,46)(H,40,45)(H2,41,42,48)/t23-,24?,25?,26-,27?,29?/m0/s1. The van der Waals surface area contributed by atoms with Crippen LogP contribution in [-0.4, -0.2) is 90.9 Å². The van der Waals surface area contributed by atoms with Crippen molar-refractivity contribution < 1.29 is 33.5 Å². The van der Waals surface area contributed by atoms with Gasteiger partial charge in [-0.2, -0.15) is 0 Å². The number of fused-ring (bicyclic) bond motifs is 1. The molecule has 3 rings (SSSR count). The summed E-state index contributed by atoms with van der Waals surface area (Å²) in [4.78, 5) is 82.1. The molecule has 13 nitrogen and oxygen atoms in total. The van der Waals surface area contributed by atoms with E-state index in [-0.39, 0.29) is 36.3 Å². The second-order valence-electron chi connectivity index (χ2n) is 16.3. The van der Waals surface area contributed by atoms with Crippen LogP contribution in [0.3, 0.4) is 0 Å². The number of urea groups is 1. The van der Waals surface area contributed by atoms with E-state index in [1.807, 2.05) is 34.6 Å². The van der Waals surface area contributed by atoms with E-state index in [1.165, 1.54) is 6.08 Å². The largest absolute Gasteiger partial charge is 0.447 e. The maximum Gasteiger partial charge on any atom is 0.407 e. The highest BCUT2D eigenvalue weighted by molar-refractivity contribution is 6.38. The number of alkyl carbamates (subject to hydrolysis) is 1. The van der Waals surface area contributed by atoms with Crippen molar-refractivity contribution in [2.45, 2.75) is 131 Å². The first kappa shape index (κ1) is 40.8. The molecule has 2 saturated carbocycles. The lowest BCUT2D eigenvalue weighted by Gasteiger charge is -2.43. The summed E-state index contributed by atoms with van der Waals surface area (Å²) in [5.74, 6) is -2.37. The molecule has 1 aliphatic heterocycles. The zero-order valence-corrected chi connectivity index (χ0v) is 31.5. The van der Waals surface area contributed by atoms with Crippen LogP contribution in [0.4, 0.5) is 9.59 Å². The Bertz CT molecular complexity index is 1270. The second-order valence-corrected chi connectivity index (χ2v) is 16.3. The molecule has 0 bridgehead atoms. The molecule has 1 saturated heterocycles. The third-order valence-electron chi connectivity index (χ3n) is 11.1. The fourth-order valence-electron chi connectivity index (χ4n) is 7.70. The van der Waals surface area contributed by atoms with E-state index in [2.05, 4.69) is 47.0 Å². The van der Waals surface area contributed by atoms with E-state index in [4.69, 9.17) is 4.74 Å². The SMILES string of the molecule is C=CCNC(=O)C(=O)C(CCCC)NC(=O)C1[C@@H]2[C@H](CN1C(=O)C(NC(=O)NC(COC(=O)NCC)C(C)(C)C)C1(C)CCCCC1)C2(C)C. The van der Waals surface area contributed by atoms with Crippen LogP contribution in [0, 0.1) is 28.1 Å². The van der Waals surface area contributed by atoms with Crippen LogP contribution in [0.15, 0.2) is 12.7 Å². The number of Topliss-reactive ketones (excluding diaryl/α,β-unsaturated/α-hetero) is 1. The molecule has 2 aliphatic carbocycles. The summed E-state index contributed by atoms with van der Waals surface area (Å²) in [6.45, 7) is 20.1. The molecule has 4 unspecified atom stereocenters. The van der Waals surface area contributed by atoms with Crippen molar-refractivity contribution in [1.82, 2.24) is 31.5 Å². The number of ether oxygens (including phenoxy) is 1. The number of hydrogen-bond acceptors (Lipinski definition) is 7. The van der Waals surface area contributed by atoms with E-state index < -0.39 is 64.7 Å². The van der Waals surface area contributed by atoms with Gasteiger partial charge in [-0.15, -0.1) is 6.58 Å². The first-order valence-corrected chi connectivity index (χ1v) is 18.4. The number of ketones is 1. The van der Waals surface area contributed by atoms with Crippen molar-refractivity contribution in [3.05, 3.63) is 12.7 Å². The first-order chi connectivity index (χ1) is 23.4. The summed E-state index contributed by atoms with van der Waals surface area (Å²) >= 11 is 0. The van der Waals surface area contributed by atoms with Gasteiger partial charge in [0.15, 0.2) is 0 Å². The minimum Gasteiger partial charge on any atom is -0.447 e. The number of nitrogens with one attached hydrogen (secondary N) is 5. The minimum atomic E-state index is -1.03. The number of rotatable bonds is 16. The Morgan fingerprint density at radius 1 is 0.960 bits per heavy atom. The molecular formula is C37H62N6O7.